The van der Waals surface area contributed by atoms with E-state index in [1.165, 1.54) is 0 Å². The van der Waals surface area contributed by atoms with E-state index in [2.05, 4.69) is 25.7 Å². The second kappa shape index (κ2) is 5.66. The summed E-state index contributed by atoms with van der Waals surface area (Å²) >= 11 is 0. The summed E-state index contributed by atoms with van der Waals surface area (Å²) < 4.78 is 11.1. The number of hydrogen-bond donors (Lipinski definition) is 0. The van der Waals surface area contributed by atoms with Gasteiger partial charge in [0.25, 0.3) is 0 Å². The molecule has 0 aromatic heterocycles. The zero-order chi connectivity index (χ0) is 14.8. The van der Waals surface area contributed by atoms with Gasteiger partial charge in [-0.05, 0) is 54.2 Å². The maximum absolute atomic E-state index is 9.32. The molecule has 0 aliphatic rings. The van der Waals surface area contributed by atoms with Gasteiger partial charge in [0, 0.05) is 0 Å². The normalized spacial score (nSPS) is 12.9. The second-order valence-corrected chi connectivity index (χ2v) is 10.2. The van der Waals surface area contributed by atoms with Gasteiger partial charge in [-0.25, -0.2) is 0 Å². The first-order chi connectivity index (χ1) is 9.43. The number of rotatable bonds is 4. The van der Waals surface area contributed by atoms with E-state index < -0.39 is 14.4 Å². The van der Waals surface area contributed by atoms with Crippen LogP contribution in [0.5, 0.6) is 5.75 Å². The Bertz CT molecular complexity index is 656. The molecule has 0 saturated heterocycles. The summed E-state index contributed by atoms with van der Waals surface area (Å²) in [6.07, 6.45) is -0.492. The van der Waals surface area contributed by atoms with Crippen molar-refractivity contribution >= 4 is 19.1 Å². The third-order valence-electron chi connectivity index (χ3n) is 2.96. The molecule has 0 radical (unpaired) electrons. The quantitative estimate of drug-likeness (QED) is 0.788. The predicted octanol–water partition coefficient (Wildman–Crippen LogP) is 4.26. The predicted molar refractivity (Wildman–Crippen MR) is 83.3 cm³/mol. The Kier molecular flexibility index (Phi) is 4.12. The van der Waals surface area contributed by atoms with Gasteiger partial charge >= 0.3 is 0 Å². The second-order valence-electron chi connectivity index (χ2n) is 5.71. The molecule has 1 atom stereocenters. The van der Waals surface area contributed by atoms with Gasteiger partial charge in [-0.2, -0.15) is 5.26 Å². The zero-order valence-electron chi connectivity index (χ0n) is 12.3. The van der Waals surface area contributed by atoms with Gasteiger partial charge in [0.05, 0.1) is 13.2 Å². The lowest BCUT2D eigenvalue weighted by molar-refractivity contribution is 0.255. The minimum atomic E-state index is -1.75. The summed E-state index contributed by atoms with van der Waals surface area (Å²) in [7, 11) is -0.0930. The Morgan fingerprint density at radius 3 is 2.30 bits per heavy atom. The van der Waals surface area contributed by atoms with Crippen LogP contribution < -0.4 is 4.74 Å². The number of ether oxygens (including phenoxy) is 1. The molecule has 104 valence electrons. The maximum Gasteiger partial charge on any atom is 0.186 e. The van der Waals surface area contributed by atoms with Crippen LogP contribution in [0.2, 0.25) is 19.6 Å². The van der Waals surface area contributed by atoms with Gasteiger partial charge in [0.2, 0.25) is 0 Å². The molecule has 0 spiro atoms. The van der Waals surface area contributed by atoms with Crippen LogP contribution in [0.15, 0.2) is 36.4 Å². The molecule has 0 N–H and O–H groups in total. The van der Waals surface area contributed by atoms with Crippen molar-refractivity contribution < 1.29 is 9.16 Å². The van der Waals surface area contributed by atoms with Crippen molar-refractivity contribution in [1.29, 1.82) is 5.26 Å². The summed E-state index contributed by atoms with van der Waals surface area (Å²) in [6, 6.07) is 14.1. The molecule has 2 aromatic carbocycles. The Labute approximate surface area is 120 Å². The molecule has 0 saturated carbocycles. The first-order valence-corrected chi connectivity index (χ1v) is 9.99. The standard InChI is InChI=1S/C16H19NO2Si/c1-18-15-8-7-12-9-14(6-5-13(12)10-15)16(11-17)19-20(2,3)4/h5-10,16H,1-4H3. The number of nitriles is 1. The average molecular weight is 285 g/mol. The average Bonchev–Trinajstić information content (AvgIpc) is 2.42. The Hall–Kier alpha value is -1.83. The van der Waals surface area contributed by atoms with E-state index in [0.29, 0.717) is 0 Å². The molecule has 0 aliphatic heterocycles. The zero-order valence-corrected chi connectivity index (χ0v) is 13.3. The van der Waals surface area contributed by atoms with Crippen LogP contribution >= 0.6 is 0 Å². The van der Waals surface area contributed by atoms with Crippen LogP contribution in [0.25, 0.3) is 10.8 Å². The maximum atomic E-state index is 9.32. The van der Waals surface area contributed by atoms with Crippen molar-refractivity contribution in [3.63, 3.8) is 0 Å². The molecule has 0 aliphatic carbocycles. The summed E-state index contributed by atoms with van der Waals surface area (Å²) in [5, 5.41) is 11.5. The van der Waals surface area contributed by atoms with Crippen LogP contribution in [0.4, 0.5) is 0 Å². The minimum absolute atomic E-state index is 0.492. The van der Waals surface area contributed by atoms with Crippen molar-refractivity contribution in [3.8, 4) is 11.8 Å². The van der Waals surface area contributed by atoms with Crippen LogP contribution in [0, 0.1) is 11.3 Å². The minimum Gasteiger partial charge on any atom is -0.497 e. The monoisotopic (exact) mass is 285 g/mol. The summed E-state index contributed by atoms with van der Waals surface area (Å²) in [5.41, 5.74) is 0.910. The van der Waals surface area contributed by atoms with Gasteiger partial charge in [-0.15, -0.1) is 0 Å². The molecule has 0 fully saturated rings. The molecule has 2 aromatic rings. The molecular weight excluding hydrogens is 266 g/mol. The number of methoxy groups -OCH3 is 1. The molecule has 2 rings (SSSR count). The Balaban J connectivity index is 2.38. The van der Waals surface area contributed by atoms with Gasteiger partial charge in [-0.1, -0.05) is 18.2 Å². The van der Waals surface area contributed by atoms with Crippen LogP contribution in [0.3, 0.4) is 0 Å². The van der Waals surface area contributed by atoms with Crippen molar-refractivity contribution in [2.45, 2.75) is 25.7 Å². The highest BCUT2D eigenvalue weighted by atomic mass is 28.4. The van der Waals surface area contributed by atoms with Crippen LogP contribution in [-0.4, -0.2) is 15.4 Å². The lowest BCUT2D eigenvalue weighted by Gasteiger charge is -2.22. The molecule has 3 nitrogen and oxygen atoms in total. The van der Waals surface area contributed by atoms with Gasteiger partial charge < -0.3 is 9.16 Å². The molecule has 4 heteroatoms. The van der Waals surface area contributed by atoms with Crippen molar-refractivity contribution in [1.82, 2.24) is 0 Å². The van der Waals surface area contributed by atoms with Gasteiger partial charge in [-0.3, -0.25) is 0 Å². The smallest absolute Gasteiger partial charge is 0.186 e. The fourth-order valence-corrected chi connectivity index (χ4v) is 2.95. The summed E-state index contributed by atoms with van der Waals surface area (Å²) in [5.74, 6) is 0.834. The lowest BCUT2D eigenvalue weighted by Crippen LogP contribution is -2.27. The number of benzene rings is 2. The molecule has 1 unspecified atom stereocenters. The highest BCUT2D eigenvalue weighted by Crippen LogP contribution is 2.27. The van der Waals surface area contributed by atoms with Gasteiger partial charge in [0.1, 0.15) is 5.75 Å². The third-order valence-corrected chi connectivity index (χ3v) is 3.91. The van der Waals surface area contributed by atoms with Crippen LogP contribution in [0.1, 0.15) is 11.7 Å². The molecule has 20 heavy (non-hydrogen) atoms. The number of nitrogens with zero attached hydrogens (tertiary/aromatic N) is 1. The van der Waals surface area contributed by atoms with Crippen molar-refractivity contribution in [2.75, 3.05) is 7.11 Å². The third kappa shape index (κ3) is 3.38. The first kappa shape index (κ1) is 14.6. The van der Waals surface area contributed by atoms with E-state index >= 15 is 0 Å². The SMILES string of the molecule is COc1ccc2cc(C(C#N)O[Si](C)(C)C)ccc2c1. The molecule has 0 amide bonds. The number of fused-ring (bicyclic) bond motifs is 1. The van der Waals surface area contributed by atoms with Crippen molar-refractivity contribution in [2.24, 2.45) is 0 Å². The highest BCUT2D eigenvalue weighted by molar-refractivity contribution is 6.69. The Morgan fingerprint density at radius 2 is 1.70 bits per heavy atom. The fourth-order valence-electron chi connectivity index (χ4n) is 2.05. The van der Waals surface area contributed by atoms with E-state index in [0.717, 1.165) is 22.1 Å². The van der Waals surface area contributed by atoms with E-state index in [1.807, 2.05) is 36.4 Å². The van der Waals surface area contributed by atoms with Crippen molar-refractivity contribution in [3.05, 3.63) is 42.0 Å². The molecular formula is C16H19NO2Si. The Morgan fingerprint density at radius 1 is 1.05 bits per heavy atom. The lowest BCUT2D eigenvalue weighted by atomic mass is 10.0. The highest BCUT2D eigenvalue weighted by Gasteiger charge is 2.22. The molecule has 0 heterocycles. The van der Waals surface area contributed by atoms with E-state index in [-0.39, 0.29) is 0 Å². The van der Waals surface area contributed by atoms with Gasteiger partial charge in [0.15, 0.2) is 14.4 Å². The fraction of sp³-hybridized carbons (Fsp3) is 0.312. The first-order valence-electron chi connectivity index (χ1n) is 6.58. The van der Waals surface area contributed by atoms with E-state index in [4.69, 9.17) is 9.16 Å². The topological polar surface area (TPSA) is 42.2 Å². The number of hydrogen-bond acceptors (Lipinski definition) is 3. The summed E-state index contributed by atoms with van der Waals surface area (Å²) in [4.78, 5) is 0. The van der Waals surface area contributed by atoms with E-state index in [9.17, 15) is 5.26 Å². The van der Waals surface area contributed by atoms with Crippen LogP contribution in [-0.2, 0) is 4.43 Å². The molecule has 0 bridgehead atoms. The van der Waals surface area contributed by atoms with E-state index in [1.54, 1.807) is 7.11 Å². The summed E-state index contributed by atoms with van der Waals surface area (Å²) in [6.45, 7) is 6.26. The largest absolute Gasteiger partial charge is 0.497 e.